The summed E-state index contributed by atoms with van der Waals surface area (Å²) in [6.07, 6.45) is 3.29. The van der Waals surface area contributed by atoms with E-state index in [0.29, 0.717) is 11.6 Å². The van der Waals surface area contributed by atoms with E-state index in [1.165, 1.54) is 0 Å². The lowest BCUT2D eigenvalue weighted by Gasteiger charge is -2.21. The first-order valence-electron chi connectivity index (χ1n) is 4.35. The van der Waals surface area contributed by atoms with Gasteiger partial charge in [0.15, 0.2) is 0 Å². The molecule has 0 aromatic carbocycles. The van der Waals surface area contributed by atoms with Crippen LogP contribution in [-0.2, 0) is 0 Å². The van der Waals surface area contributed by atoms with Gasteiger partial charge in [-0.15, -0.1) is 0 Å². The van der Waals surface area contributed by atoms with Crippen LogP contribution >= 0.6 is 11.6 Å². The Kier molecular flexibility index (Phi) is 3.73. The van der Waals surface area contributed by atoms with E-state index in [9.17, 15) is 0 Å². The van der Waals surface area contributed by atoms with Crippen molar-refractivity contribution in [2.45, 2.75) is 6.92 Å². The maximum absolute atomic E-state index is 8.68. The van der Waals surface area contributed by atoms with Gasteiger partial charge in [0.1, 0.15) is 0 Å². The average molecular weight is 210 g/mol. The fraction of sp³-hybridized carbons (Fsp3) is 0.400. The van der Waals surface area contributed by atoms with E-state index < -0.39 is 0 Å². The van der Waals surface area contributed by atoms with Crippen molar-refractivity contribution in [3.63, 3.8) is 0 Å². The van der Waals surface area contributed by atoms with Crippen LogP contribution in [0, 0.1) is 17.2 Å². The summed E-state index contributed by atoms with van der Waals surface area (Å²) in [6.45, 7) is 2.55. The van der Waals surface area contributed by atoms with Crippen molar-refractivity contribution in [1.82, 2.24) is 4.98 Å². The first-order chi connectivity index (χ1) is 6.65. The van der Waals surface area contributed by atoms with Crippen molar-refractivity contribution >= 4 is 17.3 Å². The Hall–Kier alpha value is -1.27. The molecule has 74 valence electrons. The first kappa shape index (κ1) is 10.8. The molecule has 3 nitrogen and oxygen atoms in total. The summed E-state index contributed by atoms with van der Waals surface area (Å²) in [7, 11) is 1.91. The summed E-state index contributed by atoms with van der Waals surface area (Å²) >= 11 is 5.96. The molecule has 0 fully saturated rings. The van der Waals surface area contributed by atoms with Crippen LogP contribution in [0.3, 0.4) is 0 Å². The lowest BCUT2D eigenvalue weighted by atomic mass is 10.2. The topological polar surface area (TPSA) is 39.9 Å². The second kappa shape index (κ2) is 4.83. The molecular formula is C10H12ClN3. The lowest BCUT2D eigenvalue weighted by Crippen LogP contribution is -2.23. The zero-order chi connectivity index (χ0) is 10.6. The molecule has 1 heterocycles. The Labute approximate surface area is 88.9 Å². The van der Waals surface area contributed by atoms with Crippen LogP contribution in [0.15, 0.2) is 18.5 Å². The number of pyridine rings is 1. The SMILES string of the molecule is CC(C#N)CN(C)c1ccncc1Cl. The molecule has 0 bridgehead atoms. The van der Waals surface area contributed by atoms with E-state index in [0.717, 1.165) is 5.69 Å². The van der Waals surface area contributed by atoms with E-state index in [2.05, 4.69) is 11.1 Å². The smallest absolute Gasteiger partial charge is 0.0822 e. The third-order valence-electron chi connectivity index (χ3n) is 1.93. The van der Waals surface area contributed by atoms with E-state index in [1.54, 1.807) is 12.4 Å². The van der Waals surface area contributed by atoms with Gasteiger partial charge in [-0.3, -0.25) is 4.98 Å². The number of anilines is 1. The van der Waals surface area contributed by atoms with E-state index in [1.807, 2.05) is 24.9 Å². The van der Waals surface area contributed by atoms with Gasteiger partial charge in [-0.1, -0.05) is 11.6 Å². The van der Waals surface area contributed by atoms with Gasteiger partial charge in [-0.2, -0.15) is 5.26 Å². The molecule has 0 aliphatic carbocycles. The molecule has 14 heavy (non-hydrogen) atoms. The van der Waals surface area contributed by atoms with Gasteiger partial charge in [-0.25, -0.2) is 0 Å². The van der Waals surface area contributed by atoms with Crippen LogP contribution in [-0.4, -0.2) is 18.6 Å². The summed E-state index contributed by atoms with van der Waals surface area (Å²) < 4.78 is 0. The van der Waals surface area contributed by atoms with Gasteiger partial charge >= 0.3 is 0 Å². The minimum atomic E-state index is -0.00997. The lowest BCUT2D eigenvalue weighted by molar-refractivity contribution is 0.716. The van der Waals surface area contributed by atoms with Crippen molar-refractivity contribution in [2.24, 2.45) is 5.92 Å². The molecule has 0 radical (unpaired) electrons. The van der Waals surface area contributed by atoms with E-state index in [4.69, 9.17) is 16.9 Å². The van der Waals surface area contributed by atoms with E-state index in [-0.39, 0.29) is 5.92 Å². The number of rotatable bonds is 3. The summed E-state index contributed by atoms with van der Waals surface area (Å²) in [4.78, 5) is 5.86. The second-order valence-corrected chi connectivity index (χ2v) is 3.64. The number of halogens is 1. The number of nitrogens with zero attached hydrogens (tertiary/aromatic N) is 3. The molecule has 0 amide bonds. The maximum atomic E-state index is 8.68. The number of nitriles is 1. The minimum Gasteiger partial charge on any atom is -0.372 e. The molecule has 1 unspecified atom stereocenters. The molecule has 0 aliphatic rings. The molecule has 1 atom stereocenters. The average Bonchev–Trinajstić information content (AvgIpc) is 2.18. The summed E-state index contributed by atoms with van der Waals surface area (Å²) in [5, 5.41) is 9.29. The monoisotopic (exact) mass is 209 g/mol. The van der Waals surface area contributed by atoms with Crippen molar-refractivity contribution in [3.05, 3.63) is 23.5 Å². The second-order valence-electron chi connectivity index (χ2n) is 3.24. The molecule has 0 saturated carbocycles. The van der Waals surface area contributed by atoms with Crippen LogP contribution in [0.5, 0.6) is 0 Å². The van der Waals surface area contributed by atoms with Crippen molar-refractivity contribution in [3.8, 4) is 6.07 Å². The fourth-order valence-corrected chi connectivity index (χ4v) is 1.49. The molecule has 0 aliphatic heterocycles. The van der Waals surface area contributed by atoms with Crippen LogP contribution < -0.4 is 4.90 Å². The summed E-state index contributed by atoms with van der Waals surface area (Å²) in [5.41, 5.74) is 0.906. The molecule has 0 N–H and O–H groups in total. The van der Waals surface area contributed by atoms with Crippen LogP contribution in [0.4, 0.5) is 5.69 Å². The number of hydrogen-bond donors (Lipinski definition) is 0. The Morgan fingerprint density at radius 3 is 3.00 bits per heavy atom. The zero-order valence-corrected chi connectivity index (χ0v) is 8.99. The van der Waals surface area contributed by atoms with Gasteiger partial charge < -0.3 is 4.90 Å². The molecule has 0 saturated heterocycles. The largest absolute Gasteiger partial charge is 0.372 e. The number of aromatic nitrogens is 1. The summed E-state index contributed by atoms with van der Waals surface area (Å²) in [5.74, 6) is -0.00997. The third kappa shape index (κ3) is 2.61. The van der Waals surface area contributed by atoms with Crippen LogP contribution in [0.25, 0.3) is 0 Å². The van der Waals surface area contributed by atoms with Crippen LogP contribution in [0.2, 0.25) is 5.02 Å². The molecule has 1 aromatic heterocycles. The molecule has 0 spiro atoms. The Morgan fingerprint density at radius 2 is 2.43 bits per heavy atom. The highest BCUT2D eigenvalue weighted by Crippen LogP contribution is 2.23. The number of hydrogen-bond acceptors (Lipinski definition) is 3. The highest BCUT2D eigenvalue weighted by molar-refractivity contribution is 6.33. The molecular weight excluding hydrogens is 198 g/mol. The van der Waals surface area contributed by atoms with Crippen molar-refractivity contribution in [1.29, 1.82) is 5.26 Å². The Balaban J connectivity index is 2.75. The zero-order valence-electron chi connectivity index (χ0n) is 8.24. The van der Waals surface area contributed by atoms with Gasteiger partial charge in [0.2, 0.25) is 0 Å². The standard InChI is InChI=1S/C10H12ClN3/c1-8(5-12)7-14(2)10-3-4-13-6-9(10)11/h3-4,6,8H,7H2,1-2H3. The predicted molar refractivity (Wildman–Crippen MR) is 57.3 cm³/mol. The Bertz CT molecular complexity index is 345. The highest BCUT2D eigenvalue weighted by Gasteiger charge is 2.08. The van der Waals surface area contributed by atoms with Crippen LogP contribution in [0.1, 0.15) is 6.92 Å². The quantitative estimate of drug-likeness (QED) is 0.767. The van der Waals surface area contributed by atoms with Gasteiger partial charge in [0.05, 0.1) is 22.7 Å². The molecule has 1 aromatic rings. The summed E-state index contributed by atoms with van der Waals surface area (Å²) in [6, 6.07) is 4.02. The fourth-order valence-electron chi connectivity index (χ4n) is 1.23. The maximum Gasteiger partial charge on any atom is 0.0822 e. The molecule has 4 heteroatoms. The Morgan fingerprint density at radius 1 is 1.71 bits per heavy atom. The van der Waals surface area contributed by atoms with Gasteiger partial charge in [0.25, 0.3) is 0 Å². The van der Waals surface area contributed by atoms with Crippen molar-refractivity contribution in [2.75, 3.05) is 18.5 Å². The van der Waals surface area contributed by atoms with Crippen molar-refractivity contribution < 1.29 is 0 Å². The highest BCUT2D eigenvalue weighted by atomic mass is 35.5. The van der Waals surface area contributed by atoms with Gasteiger partial charge in [0, 0.05) is 26.0 Å². The normalized spacial score (nSPS) is 11.9. The first-order valence-corrected chi connectivity index (χ1v) is 4.73. The minimum absolute atomic E-state index is 0.00997. The predicted octanol–water partition coefficient (Wildman–Crippen LogP) is 2.33. The third-order valence-corrected chi connectivity index (χ3v) is 2.22. The molecule has 1 rings (SSSR count). The van der Waals surface area contributed by atoms with E-state index >= 15 is 0 Å². The van der Waals surface area contributed by atoms with Gasteiger partial charge in [-0.05, 0) is 13.0 Å².